The lowest BCUT2D eigenvalue weighted by molar-refractivity contribution is 0.184. The second-order valence-electron chi connectivity index (χ2n) is 3.41. The number of hydrogen-bond donors (Lipinski definition) is 1. The van der Waals surface area contributed by atoms with Crippen molar-refractivity contribution in [2.75, 3.05) is 0 Å². The fraction of sp³-hybridized carbons (Fsp3) is 0.300. The van der Waals surface area contributed by atoms with Gasteiger partial charge >= 0.3 is 0 Å². The van der Waals surface area contributed by atoms with E-state index in [-0.39, 0.29) is 0 Å². The molecule has 2 N–H and O–H groups in total. The molecular weight excluding hydrogens is 218 g/mol. The van der Waals surface area contributed by atoms with E-state index in [4.69, 9.17) is 34.3 Å². The van der Waals surface area contributed by atoms with Gasteiger partial charge in [-0.2, -0.15) is 0 Å². The number of nitrogens with two attached hydrogens (primary N) is 1. The van der Waals surface area contributed by atoms with Crippen LogP contribution in [-0.2, 0) is 0 Å². The number of rotatable bonds is 3. The van der Waals surface area contributed by atoms with Gasteiger partial charge in [0.2, 0.25) is 0 Å². The normalized spacial score (nSPS) is 11.1. The molecule has 0 radical (unpaired) electrons. The molecule has 14 heavy (non-hydrogen) atoms. The van der Waals surface area contributed by atoms with E-state index in [0.717, 1.165) is 0 Å². The number of halogens is 1. The second kappa shape index (κ2) is 4.15. The van der Waals surface area contributed by atoms with Crippen molar-refractivity contribution in [2.45, 2.75) is 19.4 Å². The van der Waals surface area contributed by atoms with Gasteiger partial charge in [0.05, 0.1) is 5.02 Å². The molecule has 0 bridgehead atoms. The maximum Gasteiger partial charge on any atom is 0.153 e. The first-order chi connectivity index (χ1) is 6.43. The second-order valence-corrected chi connectivity index (χ2v) is 4.25. The van der Waals surface area contributed by atoms with Crippen molar-refractivity contribution in [1.82, 2.24) is 0 Å². The Labute approximate surface area is 94.0 Å². The first kappa shape index (κ1) is 11.3. The highest BCUT2D eigenvalue weighted by Gasteiger charge is 2.24. The summed E-state index contributed by atoms with van der Waals surface area (Å²) >= 11 is 10.8. The standard InChI is InChI=1S/C10H12ClNOS/c1-10(2,9(12)14)13-8-6-4-3-5-7(8)11/h3-6H,1-2H3,(H2,12,14). The van der Waals surface area contributed by atoms with Crippen LogP contribution in [0.25, 0.3) is 0 Å². The first-order valence-electron chi connectivity index (χ1n) is 4.17. The largest absolute Gasteiger partial charge is 0.479 e. The molecule has 2 nitrogen and oxygen atoms in total. The third-order valence-electron chi connectivity index (χ3n) is 1.80. The van der Waals surface area contributed by atoms with Crippen LogP contribution in [0.4, 0.5) is 0 Å². The molecule has 0 aliphatic heterocycles. The SMILES string of the molecule is CC(C)(Oc1ccccc1Cl)C(N)=S. The van der Waals surface area contributed by atoms with Gasteiger partial charge in [-0.25, -0.2) is 0 Å². The molecule has 0 heterocycles. The summed E-state index contributed by atoms with van der Waals surface area (Å²) in [7, 11) is 0. The van der Waals surface area contributed by atoms with E-state index in [1.54, 1.807) is 26.0 Å². The summed E-state index contributed by atoms with van der Waals surface area (Å²) in [6, 6.07) is 7.22. The van der Waals surface area contributed by atoms with Crippen LogP contribution in [0.5, 0.6) is 5.75 Å². The number of hydrogen-bond acceptors (Lipinski definition) is 2. The van der Waals surface area contributed by atoms with Gasteiger partial charge in [-0.1, -0.05) is 36.0 Å². The van der Waals surface area contributed by atoms with Gasteiger partial charge in [-0.05, 0) is 26.0 Å². The number of para-hydroxylation sites is 1. The molecule has 0 aliphatic rings. The van der Waals surface area contributed by atoms with Gasteiger partial charge < -0.3 is 10.5 Å². The molecular formula is C10H12ClNOS. The lowest BCUT2D eigenvalue weighted by Gasteiger charge is -2.25. The van der Waals surface area contributed by atoms with Crippen LogP contribution in [0.15, 0.2) is 24.3 Å². The molecule has 0 saturated carbocycles. The zero-order chi connectivity index (χ0) is 10.8. The highest BCUT2D eigenvalue weighted by Crippen LogP contribution is 2.27. The van der Waals surface area contributed by atoms with Crippen LogP contribution in [0.2, 0.25) is 5.02 Å². The van der Waals surface area contributed by atoms with E-state index in [0.29, 0.717) is 15.8 Å². The van der Waals surface area contributed by atoms with E-state index in [2.05, 4.69) is 0 Å². The van der Waals surface area contributed by atoms with Crippen molar-refractivity contribution in [3.05, 3.63) is 29.3 Å². The van der Waals surface area contributed by atoms with Gasteiger partial charge in [0, 0.05) is 0 Å². The number of benzene rings is 1. The van der Waals surface area contributed by atoms with Crippen molar-refractivity contribution in [2.24, 2.45) is 5.73 Å². The van der Waals surface area contributed by atoms with Crippen molar-refractivity contribution < 1.29 is 4.74 Å². The number of thiocarbonyl (C=S) groups is 1. The van der Waals surface area contributed by atoms with Gasteiger partial charge in [0.15, 0.2) is 5.60 Å². The van der Waals surface area contributed by atoms with Crippen LogP contribution in [0, 0.1) is 0 Å². The molecule has 76 valence electrons. The van der Waals surface area contributed by atoms with Crippen molar-refractivity contribution in [1.29, 1.82) is 0 Å². The Hall–Kier alpha value is -0.800. The van der Waals surface area contributed by atoms with Gasteiger partial charge in [0.25, 0.3) is 0 Å². The molecule has 0 aromatic heterocycles. The lowest BCUT2D eigenvalue weighted by Crippen LogP contribution is -2.42. The van der Waals surface area contributed by atoms with E-state index < -0.39 is 5.60 Å². The van der Waals surface area contributed by atoms with Gasteiger partial charge in [-0.15, -0.1) is 0 Å². The summed E-state index contributed by atoms with van der Waals surface area (Å²) in [6.45, 7) is 3.61. The molecule has 1 aromatic rings. The third-order valence-corrected chi connectivity index (χ3v) is 2.60. The van der Waals surface area contributed by atoms with Crippen LogP contribution >= 0.6 is 23.8 Å². The van der Waals surface area contributed by atoms with Crippen molar-refractivity contribution in [3.63, 3.8) is 0 Å². The Bertz CT molecular complexity index is 352. The first-order valence-corrected chi connectivity index (χ1v) is 4.95. The Kier molecular flexibility index (Phi) is 3.34. The molecule has 4 heteroatoms. The maximum absolute atomic E-state index is 5.93. The van der Waals surface area contributed by atoms with Crippen LogP contribution in [0.3, 0.4) is 0 Å². The Morgan fingerprint density at radius 3 is 2.50 bits per heavy atom. The molecule has 1 aromatic carbocycles. The third kappa shape index (κ3) is 2.59. The Morgan fingerprint density at radius 2 is 2.00 bits per heavy atom. The summed E-state index contributed by atoms with van der Waals surface area (Å²) in [6.07, 6.45) is 0. The fourth-order valence-corrected chi connectivity index (χ4v) is 1.07. The van der Waals surface area contributed by atoms with Gasteiger partial charge in [-0.3, -0.25) is 0 Å². The summed E-state index contributed by atoms with van der Waals surface area (Å²) < 4.78 is 5.60. The predicted molar refractivity (Wildman–Crippen MR) is 62.9 cm³/mol. The molecule has 0 unspecified atom stereocenters. The van der Waals surface area contributed by atoms with Crippen LogP contribution in [0.1, 0.15) is 13.8 Å². The smallest absolute Gasteiger partial charge is 0.153 e. The van der Waals surface area contributed by atoms with Crippen LogP contribution < -0.4 is 10.5 Å². The zero-order valence-electron chi connectivity index (χ0n) is 8.08. The topological polar surface area (TPSA) is 35.2 Å². The summed E-state index contributed by atoms with van der Waals surface area (Å²) in [5.74, 6) is 0.590. The van der Waals surface area contributed by atoms with E-state index >= 15 is 0 Å². The van der Waals surface area contributed by atoms with Gasteiger partial charge in [0.1, 0.15) is 10.7 Å². The molecule has 0 atom stereocenters. The van der Waals surface area contributed by atoms with E-state index in [1.807, 2.05) is 12.1 Å². The van der Waals surface area contributed by atoms with Crippen LogP contribution in [-0.4, -0.2) is 10.6 Å². The summed E-state index contributed by atoms with van der Waals surface area (Å²) in [5.41, 5.74) is 4.85. The minimum Gasteiger partial charge on any atom is -0.479 e. The number of ether oxygens (including phenoxy) is 1. The molecule has 1 rings (SSSR count). The highest BCUT2D eigenvalue weighted by molar-refractivity contribution is 7.80. The molecule has 0 saturated heterocycles. The molecule has 0 spiro atoms. The van der Waals surface area contributed by atoms with E-state index in [1.165, 1.54) is 0 Å². The zero-order valence-corrected chi connectivity index (χ0v) is 9.65. The summed E-state index contributed by atoms with van der Waals surface area (Å²) in [4.78, 5) is 0.303. The van der Waals surface area contributed by atoms with Crippen molar-refractivity contribution >= 4 is 28.8 Å². The van der Waals surface area contributed by atoms with E-state index in [9.17, 15) is 0 Å². The maximum atomic E-state index is 5.93. The molecule has 0 fully saturated rings. The molecule has 0 amide bonds. The highest BCUT2D eigenvalue weighted by atomic mass is 35.5. The quantitative estimate of drug-likeness (QED) is 0.810. The van der Waals surface area contributed by atoms with Crippen molar-refractivity contribution in [3.8, 4) is 5.75 Å². The molecule has 0 aliphatic carbocycles. The average molecular weight is 230 g/mol. The Balaban J connectivity index is 2.89. The predicted octanol–water partition coefficient (Wildman–Crippen LogP) is 2.78. The average Bonchev–Trinajstić information content (AvgIpc) is 2.08. The Morgan fingerprint density at radius 1 is 1.43 bits per heavy atom. The minimum atomic E-state index is -0.680. The monoisotopic (exact) mass is 229 g/mol. The fourth-order valence-electron chi connectivity index (χ4n) is 0.853. The summed E-state index contributed by atoms with van der Waals surface area (Å²) in [5, 5.41) is 0.553. The minimum absolute atomic E-state index is 0.303. The lowest BCUT2D eigenvalue weighted by atomic mass is 10.1.